The third-order valence-electron chi connectivity index (χ3n) is 6.79. The zero-order valence-corrected chi connectivity index (χ0v) is 21.1. The molecule has 0 amide bonds. The SMILES string of the molecule is Cn1cccc1CN(CC1CCCO1)C1=NCCCCCCOc2ccccc2Oc2ncccc21. The number of pyridine rings is 1. The summed E-state index contributed by atoms with van der Waals surface area (Å²) < 4.78 is 20.7. The Kier molecular flexibility index (Phi) is 8.18. The zero-order chi connectivity index (χ0) is 24.6. The fourth-order valence-electron chi connectivity index (χ4n) is 4.81. The molecular formula is C29H36N4O3. The van der Waals surface area contributed by atoms with E-state index in [9.17, 15) is 0 Å². The van der Waals surface area contributed by atoms with Gasteiger partial charge in [-0.25, -0.2) is 4.98 Å². The number of para-hydroxylation sites is 2. The Balaban J connectivity index is 1.54. The number of hydrogen-bond acceptors (Lipinski definition) is 6. The van der Waals surface area contributed by atoms with E-state index in [-0.39, 0.29) is 6.10 Å². The molecule has 7 heteroatoms. The van der Waals surface area contributed by atoms with Crippen molar-refractivity contribution in [2.45, 2.75) is 51.2 Å². The molecule has 36 heavy (non-hydrogen) atoms. The first kappa shape index (κ1) is 24.4. The number of amidine groups is 1. The van der Waals surface area contributed by atoms with Gasteiger partial charge in [0.2, 0.25) is 5.88 Å². The van der Waals surface area contributed by atoms with Gasteiger partial charge in [-0.05, 0) is 68.5 Å². The van der Waals surface area contributed by atoms with E-state index in [1.54, 1.807) is 6.20 Å². The van der Waals surface area contributed by atoms with Crippen LogP contribution in [0.1, 0.15) is 49.8 Å². The summed E-state index contributed by atoms with van der Waals surface area (Å²) in [5, 5.41) is 0. The Bertz CT molecular complexity index is 1150. The number of nitrogens with zero attached hydrogens (tertiary/aromatic N) is 4. The highest BCUT2D eigenvalue weighted by molar-refractivity contribution is 6.00. The third kappa shape index (κ3) is 6.08. The van der Waals surface area contributed by atoms with Crippen LogP contribution in [0, 0.1) is 0 Å². The minimum Gasteiger partial charge on any atom is -0.490 e. The maximum absolute atomic E-state index is 6.42. The van der Waals surface area contributed by atoms with Gasteiger partial charge in [0.1, 0.15) is 5.84 Å². The van der Waals surface area contributed by atoms with Crippen LogP contribution in [0.4, 0.5) is 0 Å². The summed E-state index contributed by atoms with van der Waals surface area (Å²) in [6.07, 6.45) is 10.5. The molecule has 2 aliphatic heterocycles. The van der Waals surface area contributed by atoms with Crippen LogP contribution in [0.3, 0.4) is 0 Å². The van der Waals surface area contributed by atoms with Crippen molar-refractivity contribution in [1.29, 1.82) is 0 Å². The Hall–Kier alpha value is -3.32. The fraction of sp³-hybridized carbons (Fsp3) is 0.448. The predicted molar refractivity (Wildman–Crippen MR) is 141 cm³/mol. The smallest absolute Gasteiger partial charge is 0.230 e. The number of hydrogen-bond donors (Lipinski definition) is 0. The number of aliphatic imine (C=N–C) groups is 1. The number of benzene rings is 1. The van der Waals surface area contributed by atoms with E-state index in [4.69, 9.17) is 19.2 Å². The van der Waals surface area contributed by atoms with E-state index in [1.807, 2.05) is 30.3 Å². The van der Waals surface area contributed by atoms with Gasteiger partial charge >= 0.3 is 0 Å². The van der Waals surface area contributed by atoms with Crippen molar-refractivity contribution in [3.05, 3.63) is 72.2 Å². The first-order chi connectivity index (χ1) is 17.8. The molecule has 1 fully saturated rings. The minimum atomic E-state index is 0.191. The second-order valence-electron chi connectivity index (χ2n) is 9.50. The molecule has 0 aliphatic carbocycles. The van der Waals surface area contributed by atoms with Crippen molar-refractivity contribution in [3.8, 4) is 17.4 Å². The highest BCUT2D eigenvalue weighted by Crippen LogP contribution is 2.33. The predicted octanol–water partition coefficient (Wildman–Crippen LogP) is 5.59. The average molecular weight is 489 g/mol. The monoisotopic (exact) mass is 488 g/mol. The zero-order valence-electron chi connectivity index (χ0n) is 21.1. The molecule has 2 aromatic heterocycles. The first-order valence-corrected chi connectivity index (χ1v) is 13.1. The Labute approximate surface area is 213 Å². The molecule has 1 atom stereocenters. The van der Waals surface area contributed by atoms with E-state index in [1.165, 1.54) is 5.69 Å². The summed E-state index contributed by atoms with van der Waals surface area (Å²) in [7, 11) is 2.09. The minimum absolute atomic E-state index is 0.191. The van der Waals surface area contributed by atoms with Crippen LogP contribution in [-0.2, 0) is 18.3 Å². The van der Waals surface area contributed by atoms with Gasteiger partial charge in [0.15, 0.2) is 11.5 Å². The second-order valence-corrected chi connectivity index (χ2v) is 9.50. The number of fused-ring (bicyclic) bond motifs is 2. The summed E-state index contributed by atoms with van der Waals surface area (Å²) in [6, 6.07) is 16.1. The lowest BCUT2D eigenvalue weighted by molar-refractivity contribution is 0.0896. The normalized spacial score (nSPS) is 18.7. The molecule has 190 valence electrons. The van der Waals surface area contributed by atoms with Crippen LogP contribution in [0.25, 0.3) is 0 Å². The van der Waals surface area contributed by atoms with Gasteiger partial charge in [-0.2, -0.15) is 0 Å². The highest BCUT2D eigenvalue weighted by Gasteiger charge is 2.26. The van der Waals surface area contributed by atoms with Gasteiger partial charge < -0.3 is 23.7 Å². The van der Waals surface area contributed by atoms with Crippen LogP contribution in [0.2, 0.25) is 0 Å². The molecule has 0 N–H and O–H groups in total. The van der Waals surface area contributed by atoms with Crippen LogP contribution in [-0.4, -0.2) is 52.7 Å². The second kappa shape index (κ2) is 12.1. The maximum atomic E-state index is 6.42. The molecule has 0 bridgehead atoms. The lowest BCUT2D eigenvalue weighted by Crippen LogP contribution is -2.38. The van der Waals surface area contributed by atoms with E-state index < -0.39 is 0 Å². The topological polar surface area (TPSA) is 61.1 Å². The molecule has 0 saturated carbocycles. The molecule has 4 heterocycles. The number of aromatic nitrogens is 2. The molecule has 0 spiro atoms. The van der Waals surface area contributed by atoms with Crippen molar-refractivity contribution in [2.24, 2.45) is 12.0 Å². The molecule has 3 aromatic rings. The summed E-state index contributed by atoms with van der Waals surface area (Å²) in [5.74, 6) is 2.85. The van der Waals surface area contributed by atoms with Gasteiger partial charge in [0.25, 0.3) is 0 Å². The van der Waals surface area contributed by atoms with Crippen molar-refractivity contribution in [1.82, 2.24) is 14.5 Å². The van der Waals surface area contributed by atoms with Crippen molar-refractivity contribution in [3.63, 3.8) is 0 Å². The van der Waals surface area contributed by atoms with Gasteiger partial charge in [0.05, 0.1) is 24.8 Å². The third-order valence-corrected chi connectivity index (χ3v) is 6.79. The molecule has 1 unspecified atom stereocenters. The molecule has 2 aliphatic rings. The van der Waals surface area contributed by atoms with E-state index in [0.29, 0.717) is 18.2 Å². The molecular weight excluding hydrogens is 452 g/mol. The van der Waals surface area contributed by atoms with Gasteiger partial charge in [-0.1, -0.05) is 18.6 Å². The molecule has 7 nitrogen and oxygen atoms in total. The molecule has 0 radical (unpaired) electrons. The lowest BCUT2D eigenvalue weighted by atomic mass is 10.1. The Morgan fingerprint density at radius 1 is 0.944 bits per heavy atom. The van der Waals surface area contributed by atoms with Crippen LogP contribution < -0.4 is 9.47 Å². The van der Waals surface area contributed by atoms with E-state index in [2.05, 4.69) is 45.9 Å². The molecule has 1 saturated heterocycles. The highest BCUT2D eigenvalue weighted by atomic mass is 16.5. The maximum Gasteiger partial charge on any atom is 0.230 e. The Morgan fingerprint density at radius 3 is 2.67 bits per heavy atom. The number of ether oxygens (including phenoxy) is 3. The lowest BCUT2D eigenvalue weighted by Gasteiger charge is -2.30. The summed E-state index contributed by atoms with van der Waals surface area (Å²) in [4.78, 5) is 12.2. The number of rotatable bonds is 4. The van der Waals surface area contributed by atoms with Gasteiger partial charge in [-0.3, -0.25) is 4.99 Å². The summed E-state index contributed by atoms with van der Waals surface area (Å²) in [6.45, 7) is 3.77. The molecule has 5 rings (SSSR count). The van der Waals surface area contributed by atoms with E-state index in [0.717, 1.165) is 81.9 Å². The van der Waals surface area contributed by atoms with Crippen LogP contribution in [0.15, 0.2) is 65.9 Å². The average Bonchev–Trinajstić information content (AvgIpc) is 3.56. The first-order valence-electron chi connectivity index (χ1n) is 13.1. The largest absolute Gasteiger partial charge is 0.490 e. The standard InChI is InChI=1S/C29H36N4O3/c1-32-18-9-11-23(32)21-33(22-24-12-10-20-34-24)28-25-13-8-17-31-29(25)36-27-15-5-4-14-26(27)35-19-7-3-2-6-16-30-28/h4-5,8-9,11,13-15,17-18,24H,2-3,6-7,10,12,16,19-22H2,1H3. The van der Waals surface area contributed by atoms with Gasteiger partial charge in [-0.15, -0.1) is 0 Å². The van der Waals surface area contributed by atoms with Gasteiger partial charge in [0, 0.05) is 44.8 Å². The van der Waals surface area contributed by atoms with Crippen molar-refractivity contribution < 1.29 is 14.2 Å². The summed E-state index contributed by atoms with van der Waals surface area (Å²) in [5.41, 5.74) is 2.11. The van der Waals surface area contributed by atoms with Crippen LogP contribution >= 0.6 is 0 Å². The van der Waals surface area contributed by atoms with Crippen LogP contribution in [0.5, 0.6) is 17.4 Å². The van der Waals surface area contributed by atoms with Crippen molar-refractivity contribution in [2.75, 3.05) is 26.3 Å². The quantitative estimate of drug-likeness (QED) is 0.479. The Morgan fingerprint density at radius 2 is 1.83 bits per heavy atom. The van der Waals surface area contributed by atoms with E-state index >= 15 is 0 Å². The number of aryl methyl sites for hydroxylation is 1. The molecule has 1 aromatic carbocycles. The van der Waals surface area contributed by atoms with Crippen molar-refractivity contribution >= 4 is 5.84 Å². The summed E-state index contributed by atoms with van der Waals surface area (Å²) >= 11 is 0. The fourth-order valence-corrected chi connectivity index (χ4v) is 4.81.